The normalized spacial score (nSPS) is 13.3. The molecular weight excluding hydrogens is 248 g/mol. The van der Waals surface area contributed by atoms with Crippen molar-refractivity contribution in [2.45, 2.75) is 38.8 Å². The number of halogens is 1. The number of ether oxygens (including phenoxy) is 1. The van der Waals surface area contributed by atoms with Gasteiger partial charge < -0.3 is 4.74 Å². The van der Waals surface area contributed by atoms with Gasteiger partial charge in [0.1, 0.15) is 11.9 Å². The zero-order valence-electron chi connectivity index (χ0n) is 10.7. The predicted molar refractivity (Wildman–Crippen MR) is 75.3 cm³/mol. The molecule has 0 aliphatic carbocycles. The van der Waals surface area contributed by atoms with Crippen LogP contribution in [0.1, 0.15) is 26.7 Å². The molecule has 0 aliphatic heterocycles. The lowest BCUT2D eigenvalue weighted by atomic mass is 10.1. The molecule has 0 fully saturated rings. The van der Waals surface area contributed by atoms with Crippen LogP contribution < -0.4 is 16.0 Å². The molecule has 4 heteroatoms. The van der Waals surface area contributed by atoms with Crippen LogP contribution in [0, 0.1) is 11.8 Å². The average Bonchev–Trinajstić information content (AvgIpc) is 2.34. The van der Waals surface area contributed by atoms with Gasteiger partial charge in [-0.1, -0.05) is 17.7 Å². The summed E-state index contributed by atoms with van der Waals surface area (Å²) in [7, 11) is 0. The standard InChI is InChI=1S/C14H19ClN2O/c1-3-4-5-9-14(17-16)11(2)18-13-8-6-7-12(15)10-13/h6-8,10-11,14,17H,5,9,16H2,1-2H3. The Kier molecular flexibility index (Phi) is 6.59. The molecule has 0 heterocycles. The highest BCUT2D eigenvalue weighted by Crippen LogP contribution is 2.19. The largest absolute Gasteiger partial charge is 0.489 e. The smallest absolute Gasteiger partial charge is 0.121 e. The Labute approximate surface area is 114 Å². The zero-order chi connectivity index (χ0) is 13.4. The molecule has 1 aromatic rings. The molecule has 0 radical (unpaired) electrons. The Balaban J connectivity index is 2.55. The third-order valence-corrected chi connectivity index (χ3v) is 2.89. The first-order chi connectivity index (χ1) is 8.67. The average molecular weight is 267 g/mol. The van der Waals surface area contributed by atoms with Crippen molar-refractivity contribution in [3.63, 3.8) is 0 Å². The van der Waals surface area contributed by atoms with Crippen LogP contribution in [0.5, 0.6) is 5.75 Å². The van der Waals surface area contributed by atoms with Crippen molar-refractivity contribution in [1.82, 2.24) is 5.43 Å². The van der Waals surface area contributed by atoms with E-state index in [1.165, 1.54) is 0 Å². The van der Waals surface area contributed by atoms with E-state index >= 15 is 0 Å². The van der Waals surface area contributed by atoms with Gasteiger partial charge in [-0.2, -0.15) is 0 Å². The van der Waals surface area contributed by atoms with E-state index in [1.807, 2.05) is 32.0 Å². The molecule has 2 unspecified atom stereocenters. The SMILES string of the molecule is CC#CCCC(NN)C(C)Oc1cccc(Cl)c1. The molecule has 3 nitrogen and oxygen atoms in total. The molecule has 0 saturated carbocycles. The highest BCUT2D eigenvalue weighted by Gasteiger charge is 2.16. The van der Waals surface area contributed by atoms with Crippen LogP contribution in [0.15, 0.2) is 24.3 Å². The lowest BCUT2D eigenvalue weighted by molar-refractivity contribution is 0.165. The van der Waals surface area contributed by atoms with Crippen molar-refractivity contribution in [3.8, 4) is 17.6 Å². The summed E-state index contributed by atoms with van der Waals surface area (Å²) in [5.41, 5.74) is 2.77. The Morgan fingerprint density at radius 2 is 2.28 bits per heavy atom. The Morgan fingerprint density at radius 3 is 2.89 bits per heavy atom. The molecule has 1 aromatic carbocycles. The van der Waals surface area contributed by atoms with Gasteiger partial charge in [-0.25, -0.2) is 0 Å². The third-order valence-electron chi connectivity index (χ3n) is 2.66. The van der Waals surface area contributed by atoms with Crippen LogP contribution in [-0.2, 0) is 0 Å². The van der Waals surface area contributed by atoms with Crippen LogP contribution in [0.4, 0.5) is 0 Å². The van der Waals surface area contributed by atoms with Gasteiger partial charge >= 0.3 is 0 Å². The lowest BCUT2D eigenvalue weighted by Gasteiger charge is -2.23. The maximum Gasteiger partial charge on any atom is 0.121 e. The van der Waals surface area contributed by atoms with Gasteiger partial charge in [0.05, 0.1) is 6.04 Å². The molecule has 0 amide bonds. The van der Waals surface area contributed by atoms with Crippen molar-refractivity contribution in [3.05, 3.63) is 29.3 Å². The van der Waals surface area contributed by atoms with Crippen LogP contribution in [-0.4, -0.2) is 12.1 Å². The molecule has 0 aromatic heterocycles. The molecule has 3 N–H and O–H groups in total. The lowest BCUT2D eigenvalue weighted by Crippen LogP contribution is -2.45. The van der Waals surface area contributed by atoms with E-state index in [1.54, 1.807) is 6.07 Å². The van der Waals surface area contributed by atoms with E-state index in [-0.39, 0.29) is 12.1 Å². The second kappa shape index (κ2) is 7.99. The van der Waals surface area contributed by atoms with Crippen molar-refractivity contribution in [2.75, 3.05) is 0 Å². The highest BCUT2D eigenvalue weighted by molar-refractivity contribution is 6.30. The van der Waals surface area contributed by atoms with Crippen molar-refractivity contribution in [1.29, 1.82) is 0 Å². The van der Waals surface area contributed by atoms with Crippen LogP contribution >= 0.6 is 11.6 Å². The van der Waals surface area contributed by atoms with E-state index in [0.29, 0.717) is 5.02 Å². The zero-order valence-corrected chi connectivity index (χ0v) is 11.5. The van der Waals surface area contributed by atoms with Gasteiger partial charge in [-0.05, 0) is 38.5 Å². The molecule has 2 atom stereocenters. The van der Waals surface area contributed by atoms with Gasteiger partial charge in [-0.3, -0.25) is 11.3 Å². The molecule has 98 valence electrons. The van der Waals surface area contributed by atoms with E-state index < -0.39 is 0 Å². The predicted octanol–water partition coefficient (Wildman–Crippen LogP) is 2.74. The molecular formula is C14H19ClN2O. The Morgan fingerprint density at radius 1 is 1.50 bits per heavy atom. The summed E-state index contributed by atoms with van der Waals surface area (Å²) < 4.78 is 5.80. The quantitative estimate of drug-likeness (QED) is 0.473. The Bertz CT molecular complexity index is 425. The number of benzene rings is 1. The highest BCUT2D eigenvalue weighted by atomic mass is 35.5. The summed E-state index contributed by atoms with van der Waals surface area (Å²) in [5.74, 6) is 12.2. The number of nitrogens with one attached hydrogen (secondary N) is 1. The fourth-order valence-electron chi connectivity index (χ4n) is 1.64. The minimum Gasteiger partial charge on any atom is -0.489 e. The second-order valence-corrected chi connectivity index (χ2v) is 4.46. The van der Waals surface area contributed by atoms with Crippen molar-refractivity contribution in [2.24, 2.45) is 5.84 Å². The number of rotatable bonds is 6. The summed E-state index contributed by atoms with van der Waals surface area (Å²) in [6.07, 6.45) is 1.60. The first-order valence-electron chi connectivity index (χ1n) is 5.95. The monoisotopic (exact) mass is 266 g/mol. The summed E-state index contributed by atoms with van der Waals surface area (Å²) in [6.45, 7) is 3.81. The molecule has 1 rings (SSSR count). The van der Waals surface area contributed by atoms with Gasteiger partial charge in [-0.15, -0.1) is 11.8 Å². The first kappa shape index (κ1) is 14.8. The summed E-state index contributed by atoms with van der Waals surface area (Å²) in [5, 5.41) is 0.661. The first-order valence-corrected chi connectivity index (χ1v) is 6.33. The van der Waals surface area contributed by atoms with Gasteiger partial charge in [0.2, 0.25) is 0 Å². The number of hydrazine groups is 1. The van der Waals surface area contributed by atoms with Crippen molar-refractivity contribution < 1.29 is 4.74 Å². The van der Waals surface area contributed by atoms with Crippen LogP contribution in [0.25, 0.3) is 0 Å². The fraction of sp³-hybridized carbons (Fsp3) is 0.429. The third kappa shape index (κ3) is 4.97. The van der Waals surface area contributed by atoms with E-state index in [4.69, 9.17) is 22.2 Å². The number of hydrogen-bond donors (Lipinski definition) is 2. The maximum atomic E-state index is 5.91. The molecule has 0 spiro atoms. The topological polar surface area (TPSA) is 47.3 Å². The second-order valence-electron chi connectivity index (χ2n) is 4.02. The summed E-state index contributed by atoms with van der Waals surface area (Å²) >= 11 is 5.91. The fourth-order valence-corrected chi connectivity index (χ4v) is 1.82. The van der Waals surface area contributed by atoms with Crippen LogP contribution in [0.2, 0.25) is 5.02 Å². The van der Waals surface area contributed by atoms with Crippen molar-refractivity contribution >= 4 is 11.6 Å². The van der Waals surface area contributed by atoms with Gasteiger partial charge in [0, 0.05) is 11.4 Å². The van der Waals surface area contributed by atoms with Gasteiger partial charge in [0.25, 0.3) is 0 Å². The molecule has 0 saturated heterocycles. The van der Waals surface area contributed by atoms with E-state index in [9.17, 15) is 0 Å². The number of hydrogen-bond acceptors (Lipinski definition) is 3. The Hall–Kier alpha value is -1.21. The van der Waals surface area contributed by atoms with E-state index in [0.717, 1.165) is 18.6 Å². The number of nitrogens with two attached hydrogens (primary N) is 1. The molecule has 0 bridgehead atoms. The molecule has 18 heavy (non-hydrogen) atoms. The summed E-state index contributed by atoms with van der Waals surface area (Å²) in [4.78, 5) is 0. The minimum atomic E-state index is -0.0490. The minimum absolute atomic E-state index is 0.0490. The summed E-state index contributed by atoms with van der Waals surface area (Å²) in [6, 6.07) is 7.40. The van der Waals surface area contributed by atoms with E-state index in [2.05, 4.69) is 17.3 Å². The molecule has 0 aliphatic rings. The van der Waals surface area contributed by atoms with Gasteiger partial charge in [0.15, 0.2) is 0 Å². The van der Waals surface area contributed by atoms with Crippen LogP contribution in [0.3, 0.4) is 0 Å². The maximum absolute atomic E-state index is 5.91.